The predicted molar refractivity (Wildman–Crippen MR) is 45.0 cm³/mol. The van der Waals surface area contributed by atoms with Crippen molar-refractivity contribution in [1.82, 2.24) is 4.90 Å². The zero-order valence-corrected chi connectivity index (χ0v) is 6.14. The summed E-state index contributed by atoms with van der Waals surface area (Å²) in [6, 6.07) is 0. The molecule has 0 saturated heterocycles. The highest BCUT2D eigenvalue weighted by molar-refractivity contribution is 7.80. The summed E-state index contributed by atoms with van der Waals surface area (Å²) in [7, 11) is 0. The van der Waals surface area contributed by atoms with E-state index in [1.165, 1.54) is 0 Å². The minimum atomic E-state index is 0.777. The lowest BCUT2D eigenvalue weighted by Gasteiger charge is -2.15. The lowest BCUT2D eigenvalue weighted by Crippen LogP contribution is -2.25. The average Bonchev–Trinajstić information content (AvgIpc) is 2.34. The lowest BCUT2D eigenvalue weighted by molar-refractivity contribution is 0.833. The van der Waals surface area contributed by atoms with Crippen molar-refractivity contribution < 1.29 is 0 Å². The van der Waals surface area contributed by atoms with Crippen LogP contribution in [-0.4, -0.2) is 22.3 Å². The van der Waals surface area contributed by atoms with Gasteiger partial charge in [-0.25, -0.2) is 0 Å². The summed E-state index contributed by atoms with van der Waals surface area (Å²) >= 11 is 5.02. The molecule has 0 radical (unpaired) electrons. The molecule has 2 aliphatic rings. The van der Waals surface area contributed by atoms with E-state index in [1.807, 2.05) is 29.3 Å². The Hall–Kier alpha value is -0.960. The second-order valence-electron chi connectivity index (χ2n) is 2.13. The maximum Gasteiger partial charge on any atom is 0.133 e. The molecule has 0 N–H and O–H groups in total. The monoisotopic (exact) mass is 150 g/mol. The molecule has 0 saturated carbocycles. The van der Waals surface area contributed by atoms with Crippen LogP contribution < -0.4 is 0 Å². The Balaban J connectivity index is 2.39. The number of nitrogens with zero attached hydrogens (tertiary/aromatic N) is 2. The van der Waals surface area contributed by atoms with E-state index in [0.29, 0.717) is 0 Å². The first-order valence-corrected chi connectivity index (χ1v) is 3.51. The Morgan fingerprint density at radius 2 is 2.40 bits per heavy atom. The fraction of sp³-hybridized carbons (Fsp3) is 0.143. The Kier molecular flexibility index (Phi) is 1.17. The maximum atomic E-state index is 5.02. The first-order chi connectivity index (χ1) is 4.88. The number of thiocarbonyl (C=S) groups is 1. The summed E-state index contributed by atoms with van der Waals surface area (Å²) < 4.78 is 0. The molecule has 50 valence electrons. The van der Waals surface area contributed by atoms with Crippen LogP contribution in [0.2, 0.25) is 0 Å². The number of rotatable bonds is 0. The van der Waals surface area contributed by atoms with Crippen LogP contribution in [0.25, 0.3) is 0 Å². The molecule has 0 bridgehead atoms. The highest BCUT2D eigenvalue weighted by Gasteiger charge is 2.16. The van der Waals surface area contributed by atoms with Crippen molar-refractivity contribution in [2.24, 2.45) is 4.99 Å². The first-order valence-electron chi connectivity index (χ1n) is 3.10. The molecule has 2 aliphatic heterocycles. The summed E-state index contributed by atoms with van der Waals surface area (Å²) in [5.41, 5.74) is 0. The fourth-order valence-electron chi connectivity index (χ4n) is 0.997. The molecule has 10 heavy (non-hydrogen) atoms. The van der Waals surface area contributed by atoms with Crippen LogP contribution in [0.5, 0.6) is 0 Å². The van der Waals surface area contributed by atoms with Gasteiger partial charge in [0.05, 0.1) is 6.54 Å². The van der Waals surface area contributed by atoms with E-state index >= 15 is 0 Å². The van der Waals surface area contributed by atoms with E-state index in [9.17, 15) is 0 Å². The van der Waals surface area contributed by atoms with Gasteiger partial charge >= 0.3 is 0 Å². The van der Waals surface area contributed by atoms with Crippen molar-refractivity contribution in [3.05, 3.63) is 24.4 Å². The molecule has 0 atom stereocenters. The summed E-state index contributed by atoms with van der Waals surface area (Å²) in [6.07, 6.45) is 7.78. The van der Waals surface area contributed by atoms with Crippen molar-refractivity contribution in [2.45, 2.75) is 0 Å². The topological polar surface area (TPSA) is 15.6 Å². The number of fused-ring (bicyclic) bond motifs is 1. The van der Waals surface area contributed by atoms with Gasteiger partial charge in [0.1, 0.15) is 10.8 Å². The third kappa shape index (κ3) is 0.708. The molecule has 2 heterocycles. The molecule has 3 heteroatoms. The lowest BCUT2D eigenvalue weighted by atomic mass is 10.4. The fourth-order valence-corrected chi connectivity index (χ4v) is 1.22. The van der Waals surface area contributed by atoms with Gasteiger partial charge in [0.25, 0.3) is 0 Å². The Bertz CT molecular complexity index is 263. The summed E-state index contributed by atoms with van der Waals surface area (Å²) in [5.74, 6) is 0.965. The molecule has 0 spiro atoms. The largest absolute Gasteiger partial charge is 0.293 e. The number of aliphatic imine (C=N–C) groups is 1. The molecule has 0 unspecified atom stereocenters. The van der Waals surface area contributed by atoms with Gasteiger partial charge in [0, 0.05) is 6.20 Å². The molecule has 0 aromatic heterocycles. The van der Waals surface area contributed by atoms with E-state index < -0.39 is 0 Å². The van der Waals surface area contributed by atoms with Crippen LogP contribution in [0.15, 0.2) is 29.4 Å². The molecular weight excluding hydrogens is 144 g/mol. The first kappa shape index (κ1) is 5.80. The Morgan fingerprint density at radius 3 is 3.20 bits per heavy atom. The predicted octanol–water partition coefficient (Wildman–Crippen LogP) is 1.11. The number of amidine groups is 1. The third-order valence-corrected chi connectivity index (χ3v) is 1.81. The minimum absolute atomic E-state index is 0.777. The van der Waals surface area contributed by atoms with E-state index in [1.54, 1.807) is 0 Å². The molecule has 2 nitrogen and oxygen atoms in total. The van der Waals surface area contributed by atoms with Crippen molar-refractivity contribution in [3.63, 3.8) is 0 Å². The smallest absolute Gasteiger partial charge is 0.133 e. The summed E-state index contributed by atoms with van der Waals surface area (Å²) in [6.45, 7) is 0.777. The SMILES string of the molecule is S=C1C=CC2=NCC=CN12. The third-order valence-electron chi connectivity index (χ3n) is 1.47. The van der Waals surface area contributed by atoms with Gasteiger partial charge in [-0.3, -0.25) is 9.89 Å². The van der Waals surface area contributed by atoms with Crippen LogP contribution in [0, 0.1) is 0 Å². The summed E-state index contributed by atoms with van der Waals surface area (Å²) in [5, 5.41) is 0. The number of hydrogen-bond acceptors (Lipinski definition) is 2. The van der Waals surface area contributed by atoms with Crippen LogP contribution in [0.3, 0.4) is 0 Å². The average molecular weight is 150 g/mol. The van der Waals surface area contributed by atoms with E-state index in [0.717, 1.165) is 17.4 Å². The molecule has 0 amide bonds. The van der Waals surface area contributed by atoms with Gasteiger partial charge in [-0.05, 0) is 18.2 Å². The van der Waals surface area contributed by atoms with Gasteiger partial charge in [-0.15, -0.1) is 0 Å². The van der Waals surface area contributed by atoms with Crippen LogP contribution in [-0.2, 0) is 0 Å². The van der Waals surface area contributed by atoms with Crippen molar-refractivity contribution in [1.29, 1.82) is 0 Å². The normalized spacial score (nSPS) is 21.4. The molecule has 0 aliphatic carbocycles. The molecule has 0 fully saturated rings. The van der Waals surface area contributed by atoms with Crippen molar-refractivity contribution >= 4 is 23.0 Å². The minimum Gasteiger partial charge on any atom is -0.293 e. The Labute approximate surface area is 64.6 Å². The quantitative estimate of drug-likeness (QED) is 0.481. The molecular formula is C7H6N2S. The zero-order valence-electron chi connectivity index (χ0n) is 5.32. The van der Waals surface area contributed by atoms with Crippen LogP contribution >= 0.6 is 12.2 Å². The second-order valence-corrected chi connectivity index (χ2v) is 2.54. The van der Waals surface area contributed by atoms with E-state index in [4.69, 9.17) is 12.2 Å². The van der Waals surface area contributed by atoms with Gasteiger partial charge in [0.15, 0.2) is 0 Å². The van der Waals surface area contributed by atoms with Crippen LogP contribution in [0.4, 0.5) is 0 Å². The van der Waals surface area contributed by atoms with Crippen LogP contribution in [0.1, 0.15) is 0 Å². The van der Waals surface area contributed by atoms with Gasteiger partial charge in [-0.1, -0.05) is 12.2 Å². The second kappa shape index (κ2) is 2.02. The zero-order chi connectivity index (χ0) is 6.97. The van der Waals surface area contributed by atoms with Crippen molar-refractivity contribution in [3.8, 4) is 0 Å². The highest BCUT2D eigenvalue weighted by atomic mass is 32.1. The van der Waals surface area contributed by atoms with Gasteiger partial charge in [-0.2, -0.15) is 0 Å². The standard InChI is InChI=1S/C7H6N2S/c10-7-3-2-6-8-4-1-5-9(6)7/h1-3,5H,4H2. The molecule has 0 aromatic carbocycles. The maximum absolute atomic E-state index is 5.02. The van der Waals surface area contributed by atoms with Gasteiger partial charge in [0.2, 0.25) is 0 Å². The molecule has 0 aromatic rings. The van der Waals surface area contributed by atoms with E-state index in [-0.39, 0.29) is 0 Å². The number of hydrogen-bond donors (Lipinski definition) is 0. The Morgan fingerprint density at radius 1 is 1.50 bits per heavy atom. The van der Waals surface area contributed by atoms with Crippen molar-refractivity contribution in [2.75, 3.05) is 6.54 Å². The molecule has 2 rings (SSSR count). The van der Waals surface area contributed by atoms with Gasteiger partial charge < -0.3 is 0 Å². The van der Waals surface area contributed by atoms with E-state index in [2.05, 4.69) is 4.99 Å². The summed E-state index contributed by atoms with van der Waals surface area (Å²) in [4.78, 5) is 6.95. The highest BCUT2D eigenvalue weighted by Crippen LogP contribution is 2.10.